The largest absolute Gasteiger partial charge is 0.490 e. The number of hydrazone groups is 1. The lowest BCUT2D eigenvalue weighted by molar-refractivity contribution is -0.123. The van der Waals surface area contributed by atoms with Gasteiger partial charge in [-0.2, -0.15) is 5.10 Å². The number of carbonyl (C=O) groups is 2. The summed E-state index contributed by atoms with van der Waals surface area (Å²) in [5.41, 5.74) is 3.35. The lowest BCUT2D eigenvalue weighted by Crippen LogP contribution is -2.24. The minimum Gasteiger partial charge on any atom is -0.490 e. The van der Waals surface area contributed by atoms with E-state index in [2.05, 4.69) is 10.5 Å². The van der Waals surface area contributed by atoms with Crippen LogP contribution in [0, 0.1) is 0 Å². The Balaban J connectivity index is 1.29. The summed E-state index contributed by atoms with van der Waals surface area (Å²) in [7, 11) is 0. The molecule has 9 heteroatoms. The minimum absolute atomic E-state index is 0.123. The van der Waals surface area contributed by atoms with Gasteiger partial charge in [-0.1, -0.05) is 24.3 Å². The van der Waals surface area contributed by atoms with Crippen molar-refractivity contribution in [1.29, 1.82) is 0 Å². The second-order valence-electron chi connectivity index (χ2n) is 6.99. The smallest absolute Gasteiger partial charge is 0.343 e. The van der Waals surface area contributed by atoms with E-state index in [0.29, 0.717) is 46.5 Å². The van der Waals surface area contributed by atoms with E-state index in [4.69, 9.17) is 23.7 Å². The Bertz CT molecular complexity index is 1210. The van der Waals surface area contributed by atoms with E-state index >= 15 is 0 Å². The normalized spacial score (nSPS) is 11.8. The van der Waals surface area contributed by atoms with Gasteiger partial charge >= 0.3 is 5.97 Å². The monoisotopic (exact) mass is 462 g/mol. The zero-order valence-electron chi connectivity index (χ0n) is 18.4. The van der Waals surface area contributed by atoms with Gasteiger partial charge in [0.15, 0.2) is 29.6 Å². The van der Waals surface area contributed by atoms with Gasteiger partial charge in [0.25, 0.3) is 5.91 Å². The first-order valence-corrected chi connectivity index (χ1v) is 10.5. The second-order valence-corrected chi connectivity index (χ2v) is 6.99. The fraction of sp³-hybridized carbons (Fsp3) is 0.160. The number of hydrogen-bond donors (Lipinski definition) is 1. The average molecular weight is 462 g/mol. The van der Waals surface area contributed by atoms with Gasteiger partial charge in [0.05, 0.1) is 18.4 Å². The highest BCUT2D eigenvalue weighted by molar-refractivity contribution is 5.92. The molecule has 34 heavy (non-hydrogen) atoms. The highest BCUT2D eigenvalue weighted by atomic mass is 16.7. The van der Waals surface area contributed by atoms with Crippen molar-refractivity contribution in [2.24, 2.45) is 5.10 Å². The number of carbonyl (C=O) groups excluding carboxylic acids is 2. The molecule has 9 nitrogen and oxygen atoms in total. The summed E-state index contributed by atoms with van der Waals surface area (Å²) >= 11 is 0. The first-order valence-electron chi connectivity index (χ1n) is 10.5. The van der Waals surface area contributed by atoms with Crippen molar-refractivity contribution >= 4 is 18.1 Å². The lowest BCUT2D eigenvalue weighted by atomic mass is 10.2. The fourth-order valence-electron chi connectivity index (χ4n) is 3.05. The molecule has 1 amide bonds. The topological polar surface area (TPSA) is 105 Å². The van der Waals surface area contributed by atoms with Gasteiger partial charge in [0.1, 0.15) is 5.75 Å². The summed E-state index contributed by atoms with van der Waals surface area (Å²) in [6.07, 6.45) is 1.43. The predicted octanol–water partition coefficient (Wildman–Crippen LogP) is 3.56. The molecule has 3 aromatic rings. The van der Waals surface area contributed by atoms with Gasteiger partial charge in [-0.05, 0) is 55.0 Å². The number of fused-ring (bicyclic) bond motifs is 1. The first kappa shape index (κ1) is 22.7. The van der Waals surface area contributed by atoms with Gasteiger partial charge in [0.2, 0.25) is 6.79 Å². The quantitative estimate of drug-likeness (QED) is 0.224. The minimum atomic E-state index is -0.537. The van der Waals surface area contributed by atoms with Gasteiger partial charge in [0, 0.05) is 0 Å². The van der Waals surface area contributed by atoms with E-state index < -0.39 is 11.9 Å². The number of para-hydroxylation sites is 2. The van der Waals surface area contributed by atoms with Crippen LogP contribution in [0.2, 0.25) is 0 Å². The Kier molecular flexibility index (Phi) is 7.24. The van der Waals surface area contributed by atoms with Crippen LogP contribution in [-0.2, 0) is 4.79 Å². The van der Waals surface area contributed by atoms with E-state index in [9.17, 15) is 9.59 Å². The molecule has 1 aliphatic rings. The summed E-state index contributed by atoms with van der Waals surface area (Å²) < 4.78 is 26.9. The number of hydrogen-bond acceptors (Lipinski definition) is 8. The lowest BCUT2D eigenvalue weighted by Gasteiger charge is -2.10. The van der Waals surface area contributed by atoms with Crippen LogP contribution in [0.3, 0.4) is 0 Å². The number of ether oxygens (including phenoxy) is 5. The third-order valence-corrected chi connectivity index (χ3v) is 4.59. The van der Waals surface area contributed by atoms with E-state index in [1.807, 2.05) is 13.0 Å². The fourth-order valence-corrected chi connectivity index (χ4v) is 3.05. The van der Waals surface area contributed by atoms with Crippen LogP contribution in [0.4, 0.5) is 0 Å². The van der Waals surface area contributed by atoms with E-state index in [1.54, 1.807) is 60.7 Å². The molecule has 0 spiro atoms. The molecule has 1 aliphatic heterocycles. The van der Waals surface area contributed by atoms with Crippen LogP contribution in [-0.4, -0.2) is 38.1 Å². The standard InChI is InChI=1S/C25H22N2O7/c1-2-30-20-8-3-4-9-21(20)31-15-24(28)27-26-14-17-6-5-7-19(12-17)34-25(29)18-10-11-22-23(13-18)33-16-32-22/h3-14H,2,15-16H2,1H3,(H,27,28)/b26-14+. The average Bonchev–Trinajstić information content (AvgIpc) is 3.32. The summed E-state index contributed by atoms with van der Waals surface area (Å²) in [5.74, 6) is 1.47. The van der Waals surface area contributed by atoms with Crippen molar-refractivity contribution in [3.05, 3.63) is 77.9 Å². The van der Waals surface area contributed by atoms with Gasteiger partial charge < -0.3 is 23.7 Å². The molecule has 0 unspecified atom stereocenters. The molecular formula is C25H22N2O7. The first-order chi connectivity index (χ1) is 16.6. The Morgan fingerprint density at radius 3 is 2.59 bits per heavy atom. The highest BCUT2D eigenvalue weighted by Gasteiger charge is 2.17. The molecule has 1 heterocycles. The molecule has 4 rings (SSSR count). The molecule has 0 saturated heterocycles. The Morgan fingerprint density at radius 2 is 1.76 bits per heavy atom. The third-order valence-electron chi connectivity index (χ3n) is 4.59. The number of nitrogens with zero attached hydrogens (tertiary/aromatic N) is 1. The Morgan fingerprint density at radius 1 is 0.971 bits per heavy atom. The van der Waals surface area contributed by atoms with Crippen LogP contribution in [0.25, 0.3) is 0 Å². The number of rotatable bonds is 9. The summed E-state index contributed by atoms with van der Waals surface area (Å²) in [6.45, 7) is 2.25. The number of esters is 1. The van der Waals surface area contributed by atoms with Crippen LogP contribution in [0.5, 0.6) is 28.7 Å². The molecule has 3 aromatic carbocycles. The predicted molar refractivity (Wildman–Crippen MR) is 123 cm³/mol. The van der Waals surface area contributed by atoms with Crippen molar-refractivity contribution in [1.82, 2.24) is 5.43 Å². The van der Waals surface area contributed by atoms with E-state index in [1.165, 1.54) is 6.21 Å². The summed E-state index contributed by atoms with van der Waals surface area (Å²) in [6, 6.07) is 18.7. The second kappa shape index (κ2) is 10.9. The van der Waals surface area contributed by atoms with Crippen LogP contribution in [0.1, 0.15) is 22.8 Å². The highest BCUT2D eigenvalue weighted by Crippen LogP contribution is 2.32. The third kappa shape index (κ3) is 5.83. The molecule has 0 radical (unpaired) electrons. The SMILES string of the molecule is CCOc1ccccc1OCC(=O)N/N=C/c1cccc(OC(=O)c2ccc3c(c2)OCO3)c1. The molecule has 0 bridgehead atoms. The Labute approximate surface area is 195 Å². The zero-order chi connectivity index (χ0) is 23.8. The van der Waals surface area contributed by atoms with Crippen molar-refractivity contribution < 1.29 is 33.3 Å². The maximum absolute atomic E-state index is 12.5. The molecule has 0 saturated carbocycles. The van der Waals surface area contributed by atoms with Crippen molar-refractivity contribution in [3.63, 3.8) is 0 Å². The van der Waals surface area contributed by atoms with Crippen LogP contribution < -0.4 is 29.1 Å². The molecule has 1 N–H and O–H groups in total. The number of amides is 1. The number of nitrogens with one attached hydrogen (secondary N) is 1. The molecular weight excluding hydrogens is 440 g/mol. The summed E-state index contributed by atoms with van der Waals surface area (Å²) in [4.78, 5) is 24.5. The van der Waals surface area contributed by atoms with E-state index in [0.717, 1.165) is 0 Å². The Hall–Kier alpha value is -4.53. The maximum atomic E-state index is 12.5. The molecule has 0 aromatic heterocycles. The number of benzene rings is 3. The zero-order valence-corrected chi connectivity index (χ0v) is 18.4. The molecule has 174 valence electrons. The van der Waals surface area contributed by atoms with Gasteiger partial charge in [-0.15, -0.1) is 0 Å². The van der Waals surface area contributed by atoms with Crippen molar-refractivity contribution in [2.75, 3.05) is 20.0 Å². The van der Waals surface area contributed by atoms with Crippen molar-refractivity contribution in [2.45, 2.75) is 6.92 Å². The molecule has 0 atom stereocenters. The van der Waals surface area contributed by atoms with Crippen molar-refractivity contribution in [3.8, 4) is 28.7 Å². The molecule has 0 fully saturated rings. The van der Waals surface area contributed by atoms with Gasteiger partial charge in [-0.25, -0.2) is 10.2 Å². The van der Waals surface area contributed by atoms with Gasteiger partial charge in [-0.3, -0.25) is 4.79 Å². The summed E-state index contributed by atoms with van der Waals surface area (Å²) in [5, 5.41) is 3.92. The van der Waals surface area contributed by atoms with Crippen LogP contribution >= 0.6 is 0 Å². The molecule has 0 aliphatic carbocycles. The maximum Gasteiger partial charge on any atom is 0.343 e. The van der Waals surface area contributed by atoms with Crippen LogP contribution in [0.15, 0.2) is 71.8 Å². The van der Waals surface area contributed by atoms with E-state index in [-0.39, 0.29) is 13.4 Å².